The van der Waals surface area contributed by atoms with Crippen LogP contribution >= 0.6 is 0 Å². The zero-order valence-electron chi connectivity index (χ0n) is 11.3. The van der Waals surface area contributed by atoms with E-state index < -0.39 is 4.92 Å². The number of quaternary nitrogens is 1. The van der Waals surface area contributed by atoms with Crippen LogP contribution in [0.25, 0.3) is 0 Å². The van der Waals surface area contributed by atoms with Crippen LogP contribution in [0.2, 0.25) is 0 Å². The molecule has 1 aromatic carbocycles. The number of rotatable bonds is 6. The maximum absolute atomic E-state index is 12.0. The van der Waals surface area contributed by atoms with Crippen LogP contribution in [0.4, 0.5) is 5.69 Å². The van der Waals surface area contributed by atoms with Gasteiger partial charge in [-0.3, -0.25) is 19.7 Å². The molecule has 0 saturated heterocycles. The van der Waals surface area contributed by atoms with Crippen molar-refractivity contribution >= 4 is 17.3 Å². The van der Waals surface area contributed by atoms with Gasteiger partial charge in [0.1, 0.15) is 13.1 Å². The summed E-state index contributed by atoms with van der Waals surface area (Å²) in [6.45, 7) is 1.94. The van der Waals surface area contributed by atoms with Gasteiger partial charge in [0, 0.05) is 24.6 Å². The van der Waals surface area contributed by atoms with Crippen molar-refractivity contribution in [2.75, 3.05) is 27.2 Å². The molecule has 0 N–H and O–H groups in total. The van der Waals surface area contributed by atoms with Crippen LogP contribution in [0.15, 0.2) is 24.3 Å². The Morgan fingerprint density at radius 1 is 1.16 bits per heavy atom. The predicted octanol–water partition coefficient (Wildman–Crippen LogP) is 1.44. The van der Waals surface area contributed by atoms with Crippen LogP contribution in [-0.4, -0.2) is 48.2 Å². The first kappa shape index (κ1) is 15.0. The molecule has 0 bridgehead atoms. The van der Waals surface area contributed by atoms with Crippen molar-refractivity contribution in [3.63, 3.8) is 0 Å². The molecule has 0 unspecified atom stereocenters. The predicted molar refractivity (Wildman–Crippen MR) is 70.0 cm³/mol. The monoisotopic (exact) mass is 265 g/mol. The normalized spacial score (nSPS) is 11.1. The topological polar surface area (TPSA) is 77.3 Å². The third-order valence-corrected chi connectivity index (χ3v) is 2.62. The highest BCUT2D eigenvalue weighted by Crippen LogP contribution is 2.13. The second-order valence-electron chi connectivity index (χ2n) is 5.18. The fraction of sp³-hybridized carbons (Fsp3) is 0.385. The van der Waals surface area contributed by atoms with Crippen LogP contribution < -0.4 is 0 Å². The summed E-state index contributed by atoms with van der Waals surface area (Å²) in [5, 5.41) is 10.5. The fourth-order valence-corrected chi connectivity index (χ4v) is 1.91. The SMILES string of the molecule is CC(=O)C[N+](C)(C)CC(=O)c1ccc([N+](=O)[O-])cc1. The van der Waals surface area contributed by atoms with Gasteiger partial charge in [0.15, 0.2) is 5.78 Å². The molecule has 0 saturated carbocycles. The average Bonchev–Trinajstić information content (AvgIpc) is 2.26. The number of Topliss-reactive ketones (excluding diaryl/α,β-unsaturated/α-hetero) is 2. The quantitative estimate of drug-likeness (QED) is 0.337. The number of carbonyl (C=O) groups excluding carboxylic acids is 2. The van der Waals surface area contributed by atoms with Crippen molar-refractivity contribution in [3.05, 3.63) is 39.9 Å². The first-order valence-corrected chi connectivity index (χ1v) is 5.80. The van der Waals surface area contributed by atoms with E-state index >= 15 is 0 Å². The van der Waals surface area contributed by atoms with Crippen LogP contribution in [-0.2, 0) is 4.79 Å². The van der Waals surface area contributed by atoms with E-state index in [0.717, 1.165) is 0 Å². The Morgan fingerprint density at radius 2 is 1.68 bits per heavy atom. The van der Waals surface area contributed by atoms with Crippen molar-refractivity contribution in [2.24, 2.45) is 0 Å². The minimum absolute atomic E-state index is 0.0153. The number of likely N-dealkylation sites (N-methyl/N-ethyl adjacent to an activating group) is 1. The fourth-order valence-electron chi connectivity index (χ4n) is 1.91. The van der Waals surface area contributed by atoms with Crippen LogP contribution in [0, 0.1) is 10.1 Å². The highest BCUT2D eigenvalue weighted by atomic mass is 16.6. The minimum atomic E-state index is -0.510. The highest BCUT2D eigenvalue weighted by Gasteiger charge is 2.23. The van der Waals surface area contributed by atoms with Gasteiger partial charge in [-0.1, -0.05) is 0 Å². The van der Waals surface area contributed by atoms with E-state index in [4.69, 9.17) is 0 Å². The summed E-state index contributed by atoms with van der Waals surface area (Å²) in [7, 11) is 3.59. The Morgan fingerprint density at radius 3 is 2.11 bits per heavy atom. The smallest absolute Gasteiger partial charge is 0.269 e. The third kappa shape index (κ3) is 4.59. The highest BCUT2D eigenvalue weighted by molar-refractivity contribution is 5.97. The summed E-state index contributed by atoms with van der Waals surface area (Å²) in [6, 6.07) is 5.49. The molecule has 0 aliphatic carbocycles. The van der Waals surface area contributed by atoms with Crippen LogP contribution in [0.3, 0.4) is 0 Å². The summed E-state index contributed by atoms with van der Waals surface area (Å²) in [4.78, 5) is 33.1. The Labute approximate surface area is 111 Å². The van der Waals surface area contributed by atoms with Gasteiger partial charge in [0.2, 0.25) is 5.78 Å². The molecule has 6 heteroatoms. The number of nitro benzene ring substituents is 1. The van der Waals surface area contributed by atoms with Crippen LogP contribution in [0.5, 0.6) is 0 Å². The standard InChI is InChI=1S/C13H17N2O4/c1-10(16)8-15(2,3)9-13(17)11-4-6-12(7-5-11)14(18)19/h4-7H,8-9H2,1-3H3/q+1. The van der Waals surface area contributed by atoms with Crippen LogP contribution in [0.1, 0.15) is 17.3 Å². The van der Waals surface area contributed by atoms with Gasteiger partial charge < -0.3 is 4.48 Å². The van der Waals surface area contributed by atoms with E-state index in [9.17, 15) is 19.7 Å². The van der Waals surface area contributed by atoms with Gasteiger partial charge in [0.05, 0.1) is 19.0 Å². The van der Waals surface area contributed by atoms with Gasteiger partial charge in [-0.25, -0.2) is 0 Å². The molecule has 0 fully saturated rings. The number of nitro groups is 1. The molecule has 0 spiro atoms. The van der Waals surface area contributed by atoms with Gasteiger partial charge in [-0.2, -0.15) is 0 Å². The number of benzene rings is 1. The zero-order chi connectivity index (χ0) is 14.6. The van der Waals surface area contributed by atoms with E-state index in [1.165, 1.54) is 31.2 Å². The summed E-state index contributed by atoms with van der Waals surface area (Å²) >= 11 is 0. The molecule has 0 radical (unpaired) electrons. The maximum atomic E-state index is 12.0. The summed E-state index contributed by atoms with van der Waals surface area (Å²) in [6.07, 6.45) is 0. The van der Waals surface area contributed by atoms with Gasteiger partial charge in [-0.05, 0) is 12.1 Å². The molecule has 0 aromatic heterocycles. The molecule has 102 valence electrons. The Hall–Kier alpha value is -2.08. The lowest BCUT2D eigenvalue weighted by Crippen LogP contribution is -2.46. The largest absolute Gasteiger partial charge is 0.316 e. The maximum Gasteiger partial charge on any atom is 0.269 e. The van der Waals surface area contributed by atoms with Gasteiger partial charge in [0.25, 0.3) is 5.69 Å². The lowest BCUT2D eigenvalue weighted by atomic mass is 10.1. The summed E-state index contributed by atoms with van der Waals surface area (Å²) < 4.78 is 0.269. The van der Waals surface area contributed by atoms with E-state index in [1.54, 1.807) is 14.1 Å². The van der Waals surface area contributed by atoms with Gasteiger partial charge in [-0.15, -0.1) is 0 Å². The molecule has 1 aromatic rings. The lowest BCUT2D eigenvalue weighted by molar-refractivity contribution is -0.873. The number of hydrogen-bond acceptors (Lipinski definition) is 4. The molecule has 6 nitrogen and oxygen atoms in total. The Kier molecular flexibility index (Phi) is 4.50. The second-order valence-corrected chi connectivity index (χ2v) is 5.18. The van der Waals surface area contributed by atoms with Gasteiger partial charge >= 0.3 is 0 Å². The van der Waals surface area contributed by atoms with Crippen molar-refractivity contribution in [1.82, 2.24) is 0 Å². The number of carbonyl (C=O) groups is 2. The molecular weight excluding hydrogens is 248 g/mol. The third-order valence-electron chi connectivity index (χ3n) is 2.62. The zero-order valence-corrected chi connectivity index (χ0v) is 11.3. The molecule has 0 aliphatic heterocycles. The Bertz CT molecular complexity index is 506. The van der Waals surface area contributed by atoms with Crippen molar-refractivity contribution in [3.8, 4) is 0 Å². The molecule has 0 aliphatic rings. The summed E-state index contributed by atoms with van der Waals surface area (Å²) in [5.41, 5.74) is 0.370. The minimum Gasteiger partial charge on any atom is -0.316 e. The summed E-state index contributed by atoms with van der Waals surface area (Å²) in [5.74, 6) is -0.123. The lowest BCUT2D eigenvalue weighted by Gasteiger charge is -2.27. The molecule has 0 atom stereocenters. The molecule has 19 heavy (non-hydrogen) atoms. The average molecular weight is 265 g/mol. The van der Waals surface area contributed by atoms with E-state index in [0.29, 0.717) is 5.56 Å². The molecule has 1 rings (SSSR count). The molecule has 0 amide bonds. The number of ketones is 2. The molecule has 0 heterocycles. The first-order chi connectivity index (χ1) is 8.71. The number of hydrogen-bond donors (Lipinski definition) is 0. The first-order valence-electron chi connectivity index (χ1n) is 5.80. The van der Waals surface area contributed by atoms with E-state index in [2.05, 4.69) is 0 Å². The van der Waals surface area contributed by atoms with Crippen molar-refractivity contribution < 1.29 is 19.0 Å². The Balaban J connectivity index is 2.78. The van der Waals surface area contributed by atoms with E-state index in [-0.39, 0.29) is 34.8 Å². The molecular formula is C13H17N2O4+. The number of non-ortho nitro benzene ring substituents is 1. The number of nitrogens with zero attached hydrogens (tertiary/aromatic N) is 2. The van der Waals surface area contributed by atoms with E-state index in [1.807, 2.05) is 0 Å². The second kappa shape index (κ2) is 5.71. The van der Waals surface area contributed by atoms with Crippen molar-refractivity contribution in [2.45, 2.75) is 6.92 Å². The van der Waals surface area contributed by atoms with Crippen molar-refractivity contribution in [1.29, 1.82) is 0 Å².